The van der Waals surface area contributed by atoms with Crippen LogP contribution in [-0.2, 0) is 6.54 Å². The van der Waals surface area contributed by atoms with Crippen molar-refractivity contribution < 1.29 is 18.7 Å². The van der Waals surface area contributed by atoms with Crippen LogP contribution >= 0.6 is 0 Å². The molecule has 0 aromatic carbocycles. The normalized spacial score (nSPS) is 23.6. The molecule has 2 aromatic heterocycles. The monoisotopic (exact) mass is 348 g/mol. The molecule has 4 rings (SSSR count). The molecule has 1 saturated carbocycles. The fourth-order valence-electron chi connectivity index (χ4n) is 3.67. The fourth-order valence-corrected chi connectivity index (χ4v) is 3.67. The molecular formula is C17H18F2N4O2. The van der Waals surface area contributed by atoms with E-state index >= 15 is 0 Å². The highest BCUT2D eigenvalue weighted by molar-refractivity contribution is 5.84. The number of carboxylic acid groups (broad SMARTS) is 1. The van der Waals surface area contributed by atoms with E-state index in [9.17, 15) is 13.6 Å². The molecular weight excluding hydrogens is 330 g/mol. The topological polar surface area (TPSA) is 71.2 Å². The van der Waals surface area contributed by atoms with Crippen LogP contribution in [0.5, 0.6) is 0 Å². The summed E-state index contributed by atoms with van der Waals surface area (Å²) in [5, 5.41) is 8.95. The first-order valence-electron chi connectivity index (χ1n) is 8.12. The molecule has 0 bridgehead atoms. The number of halogens is 2. The maximum atomic E-state index is 13.4. The van der Waals surface area contributed by atoms with Crippen molar-refractivity contribution in [3.05, 3.63) is 41.1 Å². The van der Waals surface area contributed by atoms with E-state index in [1.54, 1.807) is 4.57 Å². The van der Waals surface area contributed by atoms with E-state index in [4.69, 9.17) is 5.11 Å². The standard InChI is InChI=1S/C17H18F2N4O2/c1-9-3-15(23-5-12-13(6-23)17(12,18)19)21-10(2)11(9)4-22-7-14(16(24)25)20-8-22/h3,7-8,12-13H,4-6H2,1-2H3,(H,24,25). The number of piperidine rings is 1. The van der Waals surface area contributed by atoms with E-state index in [2.05, 4.69) is 9.97 Å². The molecule has 3 heterocycles. The number of pyridine rings is 1. The second kappa shape index (κ2) is 5.24. The summed E-state index contributed by atoms with van der Waals surface area (Å²) in [5.41, 5.74) is 2.79. The molecule has 8 heteroatoms. The van der Waals surface area contributed by atoms with Gasteiger partial charge in [-0.3, -0.25) is 0 Å². The van der Waals surface area contributed by atoms with Gasteiger partial charge >= 0.3 is 5.97 Å². The van der Waals surface area contributed by atoms with Crippen molar-refractivity contribution in [3.63, 3.8) is 0 Å². The smallest absolute Gasteiger partial charge is 0.356 e. The van der Waals surface area contributed by atoms with Gasteiger partial charge in [-0.2, -0.15) is 0 Å². The van der Waals surface area contributed by atoms with Crippen molar-refractivity contribution in [1.82, 2.24) is 14.5 Å². The van der Waals surface area contributed by atoms with Crippen LogP contribution in [0.1, 0.15) is 27.3 Å². The minimum atomic E-state index is -2.50. The fraction of sp³-hybridized carbons (Fsp3) is 0.471. The van der Waals surface area contributed by atoms with Gasteiger partial charge in [-0.05, 0) is 31.0 Å². The van der Waals surface area contributed by atoms with Gasteiger partial charge in [0.05, 0.1) is 24.7 Å². The number of hydrogen-bond acceptors (Lipinski definition) is 4. The number of aryl methyl sites for hydroxylation is 2. The molecule has 0 spiro atoms. The highest BCUT2D eigenvalue weighted by atomic mass is 19.3. The summed E-state index contributed by atoms with van der Waals surface area (Å²) in [6.45, 7) is 5.01. The van der Waals surface area contributed by atoms with Crippen molar-refractivity contribution in [1.29, 1.82) is 0 Å². The highest BCUT2D eigenvalue weighted by Crippen LogP contribution is 2.59. The van der Waals surface area contributed by atoms with Crippen molar-refractivity contribution in [2.45, 2.75) is 26.3 Å². The lowest BCUT2D eigenvalue weighted by molar-refractivity contribution is 0.0690. The molecule has 132 valence electrons. The van der Waals surface area contributed by atoms with E-state index in [1.165, 1.54) is 12.5 Å². The lowest BCUT2D eigenvalue weighted by atomic mass is 10.1. The summed E-state index contributed by atoms with van der Waals surface area (Å²) in [6, 6.07) is 1.92. The van der Waals surface area contributed by atoms with Gasteiger partial charge in [0, 0.05) is 25.0 Å². The molecule has 1 aliphatic heterocycles. The van der Waals surface area contributed by atoms with Crippen molar-refractivity contribution >= 4 is 11.8 Å². The summed E-state index contributed by atoms with van der Waals surface area (Å²) in [6.07, 6.45) is 2.96. The zero-order chi connectivity index (χ0) is 17.9. The SMILES string of the molecule is Cc1cc(N2CC3C(C2)C3(F)F)nc(C)c1Cn1cnc(C(=O)O)c1. The molecule has 1 N–H and O–H groups in total. The van der Waals surface area contributed by atoms with Gasteiger partial charge in [-0.15, -0.1) is 0 Å². The number of rotatable bonds is 4. The third-order valence-corrected chi connectivity index (χ3v) is 5.26. The molecule has 2 fully saturated rings. The quantitative estimate of drug-likeness (QED) is 0.918. The number of imidazole rings is 1. The predicted octanol–water partition coefficient (Wildman–Crippen LogP) is 2.34. The van der Waals surface area contributed by atoms with Gasteiger partial charge < -0.3 is 14.6 Å². The van der Waals surface area contributed by atoms with E-state index in [1.807, 2.05) is 24.8 Å². The summed E-state index contributed by atoms with van der Waals surface area (Å²) in [7, 11) is 0. The van der Waals surface area contributed by atoms with Gasteiger partial charge in [0.1, 0.15) is 5.82 Å². The molecule has 2 aromatic rings. The third-order valence-electron chi connectivity index (χ3n) is 5.26. The highest BCUT2D eigenvalue weighted by Gasteiger charge is 2.71. The molecule has 1 aliphatic carbocycles. The zero-order valence-electron chi connectivity index (χ0n) is 13.9. The lowest BCUT2D eigenvalue weighted by Crippen LogP contribution is -2.28. The molecule has 6 nitrogen and oxygen atoms in total. The first kappa shape index (κ1) is 16.0. The van der Waals surface area contributed by atoms with Crippen LogP contribution < -0.4 is 4.90 Å². The van der Waals surface area contributed by atoms with Crippen LogP contribution in [-0.4, -0.2) is 44.6 Å². The number of carbonyl (C=O) groups is 1. The van der Waals surface area contributed by atoms with Crippen molar-refractivity contribution in [2.24, 2.45) is 11.8 Å². The second-order valence-corrected chi connectivity index (χ2v) is 6.89. The molecule has 0 radical (unpaired) electrons. The third kappa shape index (κ3) is 2.56. The first-order valence-corrected chi connectivity index (χ1v) is 8.12. The predicted molar refractivity (Wildman–Crippen MR) is 86.1 cm³/mol. The summed E-state index contributed by atoms with van der Waals surface area (Å²) < 4.78 is 28.4. The molecule has 2 aliphatic rings. The maximum absolute atomic E-state index is 13.4. The van der Waals surface area contributed by atoms with Crippen LogP contribution in [0.25, 0.3) is 0 Å². The van der Waals surface area contributed by atoms with Gasteiger partial charge in [0.2, 0.25) is 0 Å². The van der Waals surface area contributed by atoms with Crippen LogP contribution in [0.3, 0.4) is 0 Å². The zero-order valence-corrected chi connectivity index (χ0v) is 13.9. The number of anilines is 1. The number of aromatic nitrogens is 3. The van der Waals surface area contributed by atoms with Crippen LogP contribution in [0, 0.1) is 25.7 Å². The summed E-state index contributed by atoms with van der Waals surface area (Å²) in [4.78, 5) is 21.3. The number of nitrogens with zero attached hydrogens (tertiary/aromatic N) is 4. The Morgan fingerprint density at radius 1 is 1.36 bits per heavy atom. The van der Waals surface area contributed by atoms with E-state index < -0.39 is 23.7 Å². The average molecular weight is 348 g/mol. The largest absolute Gasteiger partial charge is 0.476 e. The molecule has 2 unspecified atom stereocenters. The van der Waals surface area contributed by atoms with Crippen molar-refractivity contribution in [2.75, 3.05) is 18.0 Å². The minimum absolute atomic E-state index is 0.00268. The molecule has 2 atom stereocenters. The Kier molecular flexibility index (Phi) is 3.35. The Hall–Kier alpha value is -2.51. The van der Waals surface area contributed by atoms with Gasteiger partial charge in [0.25, 0.3) is 5.92 Å². The van der Waals surface area contributed by atoms with E-state index in [0.29, 0.717) is 19.6 Å². The second-order valence-electron chi connectivity index (χ2n) is 6.89. The number of fused-ring (bicyclic) bond motifs is 1. The summed E-state index contributed by atoms with van der Waals surface area (Å²) >= 11 is 0. The Balaban J connectivity index is 1.53. The Morgan fingerprint density at radius 2 is 2.04 bits per heavy atom. The van der Waals surface area contributed by atoms with Gasteiger partial charge in [0.15, 0.2) is 5.69 Å². The number of hydrogen-bond donors (Lipinski definition) is 1. The van der Waals surface area contributed by atoms with Gasteiger partial charge in [-0.1, -0.05) is 0 Å². The molecule has 1 saturated heterocycles. The lowest BCUT2D eigenvalue weighted by Gasteiger charge is -2.23. The first-order chi connectivity index (χ1) is 11.8. The average Bonchev–Trinajstić information content (AvgIpc) is 3.01. The number of carboxylic acids is 1. The minimum Gasteiger partial charge on any atom is -0.476 e. The Bertz CT molecular complexity index is 827. The summed E-state index contributed by atoms with van der Waals surface area (Å²) in [5.74, 6) is -3.89. The van der Waals surface area contributed by atoms with E-state index in [0.717, 1.165) is 22.6 Å². The van der Waals surface area contributed by atoms with Crippen molar-refractivity contribution in [3.8, 4) is 0 Å². The maximum Gasteiger partial charge on any atom is 0.356 e. The van der Waals surface area contributed by atoms with Crippen LogP contribution in [0.15, 0.2) is 18.6 Å². The molecule has 25 heavy (non-hydrogen) atoms. The number of aromatic carboxylic acids is 1. The molecule has 0 amide bonds. The van der Waals surface area contributed by atoms with Crippen LogP contribution in [0.4, 0.5) is 14.6 Å². The Labute approximate surface area is 143 Å². The Morgan fingerprint density at radius 3 is 2.60 bits per heavy atom. The van der Waals surface area contributed by atoms with Gasteiger partial charge in [-0.25, -0.2) is 23.5 Å². The number of alkyl halides is 2. The van der Waals surface area contributed by atoms with E-state index in [-0.39, 0.29) is 5.69 Å². The van der Waals surface area contributed by atoms with Crippen LogP contribution in [0.2, 0.25) is 0 Å².